The summed E-state index contributed by atoms with van der Waals surface area (Å²) in [7, 11) is -3.45. The lowest BCUT2D eigenvalue weighted by atomic mass is 10.0. The van der Waals surface area contributed by atoms with Gasteiger partial charge in [0.25, 0.3) is 0 Å². The van der Waals surface area contributed by atoms with E-state index in [2.05, 4.69) is 25.8 Å². The predicted octanol–water partition coefficient (Wildman–Crippen LogP) is 3.06. The van der Waals surface area contributed by atoms with Crippen LogP contribution in [0.15, 0.2) is 48.8 Å². The molecule has 1 N–H and O–H groups in total. The van der Waals surface area contributed by atoms with E-state index in [1.807, 2.05) is 37.4 Å². The van der Waals surface area contributed by atoms with Crippen molar-refractivity contribution in [1.29, 1.82) is 0 Å². The van der Waals surface area contributed by atoms with Gasteiger partial charge in [0, 0.05) is 73.0 Å². The Kier molecular flexibility index (Phi) is 6.68. The quantitative estimate of drug-likeness (QED) is 0.592. The molecule has 9 nitrogen and oxygen atoms in total. The fraction of sp³-hybridized carbons (Fsp3) is 0.318. The number of carbonyl (C=O) groups excluding carboxylic acids is 1. The maximum Gasteiger partial charge on any atom is 0.344 e. The summed E-state index contributed by atoms with van der Waals surface area (Å²) in [5, 5.41) is 4.70. The Balaban J connectivity index is 1.36. The number of anilines is 1. The van der Waals surface area contributed by atoms with E-state index in [9.17, 15) is 13.2 Å². The highest BCUT2D eigenvalue weighted by Gasteiger charge is 2.23. The molecule has 3 heterocycles. The molecule has 1 aliphatic rings. The number of sulfonamides is 1. The molecule has 4 rings (SSSR count). The summed E-state index contributed by atoms with van der Waals surface area (Å²) in [6, 6.07) is 11.2. The van der Waals surface area contributed by atoms with Crippen molar-refractivity contribution in [2.75, 3.05) is 37.2 Å². The Morgan fingerprint density at radius 2 is 1.88 bits per heavy atom. The van der Waals surface area contributed by atoms with Crippen molar-refractivity contribution in [2.45, 2.75) is 13.5 Å². The summed E-state index contributed by atoms with van der Waals surface area (Å²) < 4.78 is 26.1. The highest BCUT2D eigenvalue weighted by atomic mass is 35.5. The SMILES string of the molecule is Cc1ccc(-c2cc(CN3CCN(C(=O)n4ccc(NS(C)(=O)=O)n4)CC3)ccc2Cl)cn1. The molecule has 3 aromatic rings. The van der Waals surface area contributed by atoms with Crippen molar-refractivity contribution in [2.24, 2.45) is 0 Å². The first-order valence-electron chi connectivity index (χ1n) is 10.4. The van der Waals surface area contributed by atoms with Crippen LogP contribution in [0.1, 0.15) is 11.3 Å². The zero-order valence-corrected chi connectivity index (χ0v) is 20.0. The lowest BCUT2D eigenvalue weighted by Crippen LogP contribution is -2.49. The molecular weight excluding hydrogens is 464 g/mol. The van der Waals surface area contributed by atoms with Crippen LogP contribution in [-0.2, 0) is 16.6 Å². The molecule has 1 aliphatic heterocycles. The summed E-state index contributed by atoms with van der Waals surface area (Å²) >= 11 is 6.43. The van der Waals surface area contributed by atoms with Crippen molar-refractivity contribution < 1.29 is 13.2 Å². The van der Waals surface area contributed by atoms with Gasteiger partial charge in [-0.25, -0.2) is 13.2 Å². The summed E-state index contributed by atoms with van der Waals surface area (Å²) in [6.07, 6.45) is 4.32. The number of piperazine rings is 1. The second-order valence-corrected chi connectivity index (χ2v) is 10.2. The van der Waals surface area contributed by atoms with Crippen LogP contribution in [0.25, 0.3) is 11.1 Å². The number of halogens is 1. The highest BCUT2D eigenvalue weighted by Crippen LogP contribution is 2.29. The second-order valence-electron chi connectivity index (χ2n) is 8.07. The van der Waals surface area contributed by atoms with Crippen molar-refractivity contribution in [3.8, 4) is 11.1 Å². The number of hydrogen-bond acceptors (Lipinski definition) is 6. The second kappa shape index (κ2) is 9.50. The van der Waals surface area contributed by atoms with E-state index in [-0.39, 0.29) is 11.8 Å². The number of hydrogen-bond donors (Lipinski definition) is 1. The van der Waals surface area contributed by atoms with E-state index in [4.69, 9.17) is 11.6 Å². The molecule has 2 aromatic heterocycles. The van der Waals surface area contributed by atoms with Crippen LogP contribution in [0.4, 0.5) is 10.6 Å². The average molecular weight is 489 g/mol. The van der Waals surface area contributed by atoms with Gasteiger partial charge >= 0.3 is 6.03 Å². The molecule has 1 fully saturated rings. The summed E-state index contributed by atoms with van der Waals surface area (Å²) in [5.74, 6) is 0.117. The third-order valence-corrected chi connectivity index (χ3v) is 6.29. The Bertz CT molecular complexity index is 1250. The fourth-order valence-corrected chi connectivity index (χ4v) is 4.41. The number of benzene rings is 1. The summed E-state index contributed by atoms with van der Waals surface area (Å²) in [4.78, 5) is 21.1. The summed E-state index contributed by atoms with van der Waals surface area (Å²) in [6.45, 7) is 5.22. The van der Waals surface area contributed by atoms with Crippen LogP contribution < -0.4 is 4.72 Å². The predicted molar refractivity (Wildman–Crippen MR) is 128 cm³/mol. The maximum absolute atomic E-state index is 12.7. The molecule has 11 heteroatoms. The Morgan fingerprint density at radius 3 is 2.55 bits per heavy atom. The Labute approximate surface area is 198 Å². The van der Waals surface area contributed by atoms with E-state index < -0.39 is 10.0 Å². The van der Waals surface area contributed by atoms with E-state index in [1.54, 1.807) is 4.90 Å². The molecule has 1 aromatic carbocycles. The monoisotopic (exact) mass is 488 g/mol. The van der Waals surface area contributed by atoms with Crippen LogP contribution in [0.3, 0.4) is 0 Å². The number of aromatic nitrogens is 3. The van der Waals surface area contributed by atoms with E-state index in [1.165, 1.54) is 12.3 Å². The molecule has 0 atom stereocenters. The first kappa shape index (κ1) is 23.2. The van der Waals surface area contributed by atoms with E-state index in [0.29, 0.717) is 31.2 Å². The van der Waals surface area contributed by atoms with Crippen molar-refractivity contribution >= 4 is 33.5 Å². The number of carbonyl (C=O) groups is 1. The van der Waals surface area contributed by atoms with Crippen LogP contribution in [-0.4, -0.2) is 71.4 Å². The average Bonchev–Trinajstić information content (AvgIpc) is 3.22. The van der Waals surface area contributed by atoms with Gasteiger partial charge < -0.3 is 4.90 Å². The molecule has 174 valence electrons. The number of aryl methyl sites for hydroxylation is 1. The lowest BCUT2D eigenvalue weighted by Gasteiger charge is -2.34. The molecule has 0 saturated carbocycles. The Hall–Kier alpha value is -2.95. The van der Waals surface area contributed by atoms with Crippen molar-refractivity contribution in [3.63, 3.8) is 0 Å². The minimum atomic E-state index is -3.45. The molecule has 0 aliphatic carbocycles. The van der Waals surface area contributed by atoms with Gasteiger partial charge in [0.1, 0.15) is 0 Å². The van der Waals surface area contributed by atoms with Gasteiger partial charge in [-0.1, -0.05) is 23.7 Å². The minimum Gasteiger partial charge on any atom is -0.320 e. The van der Waals surface area contributed by atoms with Gasteiger partial charge in [0.05, 0.1) is 6.26 Å². The number of amides is 1. The zero-order valence-electron chi connectivity index (χ0n) is 18.4. The number of pyridine rings is 1. The maximum atomic E-state index is 12.7. The number of rotatable bonds is 5. The Morgan fingerprint density at radius 1 is 1.12 bits per heavy atom. The fourth-order valence-electron chi connectivity index (χ4n) is 3.69. The standard InChI is InChI=1S/C22H25ClN6O3S/c1-16-3-5-18(14-24-16)19-13-17(4-6-20(19)23)15-27-9-11-28(12-10-27)22(30)29-8-7-21(25-29)26-33(2,31)32/h3-8,13-14H,9-12,15H2,1-2H3,(H,25,26). The van der Waals surface area contributed by atoms with E-state index in [0.717, 1.165) is 39.9 Å². The molecule has 33 heavy (non-hydrogen) atoms. The van der Waals surface area contributed by atoms with Gasteiger partial charge in [0.15, 0.2) is 5.82 Å². The zero-order chi connectivity index (χ0) is 23.6. The van der Waals surface area contributed by atoms with Gasteiger partial charge in [-0.05, 0) is 30.7 Å². The number of nitrogens with one attached hydrogen (secondary N) is 1. The minimum absolute atomic E-state index is 0.117. The molecule has 1 amide bonds. The van der Waals surface area contributed by atoms with Crippen LogP contribution >= 0.6 is 11.6 Å². The molecule has 0 spiro atoms. The molecule has 0 radical (unpaired) electrons. The molecular formula is C22H25ClN6O3S. The molecule has 1 saturated heterocycles. The van der Waals surface area contributed by atoms with Gasteiger partial charge in [0.2, 0.25) is 10.0 Å². The topological polar surface area (TPSA) is 100 Å². The van der Waals surface area contributed by atoms with E-state index >= 15 is 0 Å². The van der Waals surface area contributed by atoms with Crippen LogP contribution in [0, 0.1) is 6.92 Å². The van der Waals surface area contributed by atoms with Crippen molar-refractivity contribution in [1.82, 2.24) is 24.6 Å². The van der Waals surface area contributed by atoms with Gasteiger partial charge in [-0.3, -0.25) is 14.6 Å². The highest BCUT2D eigenvalue weighted by molar-refractivity contribution is 7.92. The summed E-state index contributed by atoms with van der Waals surface area (Å²) in [5.41, 5.74) is 4.02. The smallest absolute Gasteiger partial charge is 0.320 e. The first-order chi connectivity index (χ1) is 15.7. The number of nitrogens with zero attached hydrogens (tertiary/aromatic N) is 5. The molecule has 0 bridgehead atoms. The largest absolute Gasteiger partial charge is 0.344 e. The van der Waals surface area contributed by atoms with Crippen molar-refractivity contribution in [3.05, 3.63) is 65.1 Å². The van der Waals surface area contributed by atoms with Gasteiger partial charge in [-0.15, -0.1) is 5.10 Å². The first-order valence-corrected chi connectivity index (χ1v) is 12.7. The third-order valence-electron chi connectivity index (χ3n) is 5.38. The van der Waals surface area contributed by atoms with Crippen LogP contribution in [0.2, 0.25) is 5.02 Å². The molecule has 0 unspecified atom stereocenters. The lowest BCUT2D eigenvalue weighted by molar-refractivity contribution is 0.134. The van der Waals surface area contributed by atoms with Crippen LogP contribution in [0.5, 0.6) is 0 Å². The normalized spacial score (nSPS) is 14.9. The third kappa shape index (κ3) is 5.89. The van der Waals surface area contributed by atoms with Gasteiger partial charge in [-0.2, -0.15) is 4.68 Å².